The number of pyridine rings is 1. The molecule has 0 N–H and O–H groups in total. The van der Waals surface area contributed by atoms with Crippen LogP contribution in [0.25, 0.3) is 11.1 Å². The molecule has 1 saturated heterocycles. The summed E-state index contributed by atoms with van der Waals surface area (Å²) in [5.74, 6) is 1.83. The maximum absolute atomic E-state index is 5.14. The van der Waals surface area contributed by atoms with Gasteiger partial charge in [-0.15, -0.1) is 0 Å². The van der Waals surface area contributed by atoms with E-state index in [0.717, 1.165) is 6.54 Å². The second-order valence-corrected chi connectivity index (χ2v) is 6.85. The first-order valence-electron chi connectivity index (χ1n) is 8.68. The highest BCUT2D eigenvalue weighted by Gasteiger charge is 2.25. The number of hydrogen-bond acceptors (Lipinski definition) is 2. The van der Waals surface area contributed by atoms with Crippen LogP contribution in [-0.2, 0) is 0 Å². The van der Waals surface area contributed by atoms with Crippen LogP contribution < -0.4 is 0 Å². The molecule has 0 saturated carbocycles. The van der Waals surface area contributed by atoms with Crippen LogP contribution in [0.3, 0.4) is 0 Å². The van der Waals surface area contributed by atoms with E-state index in [1.54, 1.807) is 0 Å². The fourth-order valence-electron chi connectivity index (χ4n) is 4.02. The Hall–Kier alpha value is -1.61. The van der Waals surface area contributed by atoms with Gasteiger partial charge in [0.1, 0.15) is 5.82 Å². The normalized spacial score (nSPS) is 23.7. The maximum atomic E-state index is 5.14. The molecule has 0 amide bonds. The van der Waals surface area contributed by atoms with Gasteiger partial charge in [0.2, 0.25) is 0 Å². The highest BCUT2D eigenvalue weighted by molar-refractivity contribution is 5.76. The number of aromatic nitrogens is 2. The molecule has 116 valence electrons. The van der Waals surface area contributed by atoms with E-state index in [1.807, 2.05) is 0 Å². The Morgan fingerprint density at radius 3 is 2.95 bits per heavy atom. The van der Waals surface area contributed by atoms with E-state index >= 15 is 0 Å². The zero-order chi connectivity index (χ0) is 14.9. The number of nitrogens with zero attached hydrogens (tertiary/aromatic N) is 3. The van der Waals surface area contributed by atoms with Crippen LogP contribution >= 0.6 is 0 Å². The third kappa shape index (κ3) is 2.48. The van der Waals surface area contributed by atoms with E-state index in [0.29, 0.717) is 5.92 Å². The average molecular weight is 295 g/mol. The SMILES string of the molecule is CN1CCCC(c2nc(C3=CCCCC3)c3ccccn23)C1. The zero-order valence-corrected chi connectivity index (χ0v) is 13.5. The molecule has 0 bridgehead atoms. The number of piperidine rings is 1. The second-order valence-electron chi connectivity index (χ2n) is 6.85. The molecule has 2 aliphatic rings. The largest absolute Gasteiger partial charge is 0.306 e. The molecule has 2 aromatic heterocycles. The van der Waals surface area contributed by atoms with Crippen LogP contribution in [0.4, 0.5) is 0 Å². The lowest BCUT2D eigenvalue weighted by atomic mass is 9.96. The van der Waals surface area contributed by atoms with Gasteiger partial charge in [-0.3, -0.25) is 0 Å². The molecule has 4 rings (SSSR count). The van der Waals surface area contributed by atoms with E-state index < -0.39 is 0 Å². The third-order valence-corrected chi connectivity index (χ3v) is 5.16. The van der Waals surface area contributed by atoms with Crippen molar-refractivity contribution in [2.24, 2.45) is 0 Å². The number of allylic oxidation sites excluding steroid dienone is 2. The molecular weight excluding hydrogens is 270 g/mol. The number of rotatable bonds is 2. The van der Waals surface area contributed by atoms with Crippen LogP contribution in [0.15, 0.2) is 30.5 Å². The first kappa shape index (κ1) is 14.0. The van der Waals surface area contributed by atoms with Crippen LogP contribution in [0, 0.1) is 0 Å². The van der Waals surface area contributed by atoms with Crippen molar-refractivity contribution in [3.63, 3.8) is 0 Å². The smallest absolute Gasteiger partial charge is 0.118 e. The van der Waals surface area contributed by atoms with Gasteiger partial charge in [0.25, 0.3) is 0 Å². The van der Waals surface area contributed by atoms with E-state index in [-0.39, 0.29) is 0 Å². The van der Waals surface area contributed by atoms with Gasteiger partial charge in [0.05, 0.1) is 11.2 Å². The lowest BCUT2D eigenvalue weighted by Crippen LogP contribution is -2.31. The minimum Gasteiger partial charge on any atom is -0.306 e. The third-order valence-electron chi connectivity index (χ3n) is 5.16. The Balaban J connectivity index is 1.80. The van der Waals surface area contributed by atoms with Crippen molar-refractivity contribution in [3.05, 3.63) is 42.0 Å². The summed E-state index contributed by atoms with van der Waals surface area (Å²) in [7, 11) is 2.23. The fourth-order valence-corrected chi connectivity index (χ4v) is 4.02. The van der Waals surface area contributed by atoms with Crippen molar-refractivity contribution >= 4 is 11.1 Å². The summed E-state index contributed by atoms with van der Waals surface area (Å²) < 4.78 is 2.34. The molecule has 1 aliphatic heterocycles. The Labute approximate surface area is 132 Å². The number of likely N-dealkylation sites (tertiary alicyclic amines) is 1. The molecule has 2 aromatic rings. The summed E-state index contributed by atoms with van der Waals surface area (Å²) in [6.45, 7) is 2.35. The minimum atomic E-state index is 0.562. The predicted molar refractivity (Wildman–Crippen MR) is 91.1 cm³/mol. The molecular formula is C19H25N3. The molecule has 3 nitrogen and oxygen atoms in total. The van der Waals surface area contributed by atoms with E-state index in [1.165, 1.54) is 67.7 Å². The summed E-state index contributed by atoms with van der Waals surface area (Å²) >= 11 is 0. The molecule has 22 heavy (non-hydrogen) atoms. The van der Waals surface area contributed by atoms with Crippen molar-refractivity contribution in [3.8, 4) is 0 Å². The minimum absolute atomic E-state index is 0.562. The van der Waals surface area contributed by atoms with Crippen molar-refractivity contribution in [1.29, 1.82) is 0 Å². The molecule has 3 heteroatoms. The van der Waals surface area contributed by atoms with E-state index in [4.69, 9.17) is 4.98 Å². The van der Waals surface area contributed by atoms with E-state index in [9.17, 15) is 0 Å². The molecule has 1 fully saturated rings. The first-order valence-corrected chi connectivity index (χ1v) is 8.68. The van der Waals surface area contributed by atoms with Crippen LogP contribution in [0.2, 0.25) is 0 Å². The van der Waals surface area contributed by atoms with Crippen molar-refractivity contribution < 1.29 is 0 Å². The summed E-state index contributed by atoms with van der Waals surface area (Å²) in [4.78, 5) is 7.58. The molecule has 0 radical (unpaired) electrons. The molecule has 1 unspecified atom stereocenters. The molecule has 0 spiro atoms. The Bertz CT molecular complexity index is 698. The van der Waals surface area contributed by atoms with E-state index in [2.05, 4.69) is 46.8 Å². The number of likely N-dealkylation sites (N-methyl/N-ethyl adjacent to an activating group) is 1. The average Bonchev–Trinajstić information content (AvgIpc) is 2.95. The van der Waals surface area contributed by atoms with Crippen LogP contribution in [0.1, 0.15) is 56.0 Å². The Kier molecular flexibility index (Phi) is 3.75. The van der Waals surface area contributed by atoms with Gasteiger partial charge in [-0.05, 0) is 69.8 Å². The monoisotopic (exact) mass is 295 g/mol. The van der Waals surface area contributed by atoms with Crippen molar-refractivity contribution in [2.45, 2.75) is 44.4 Å². The Morgan fingerprint density at radius 2 is 2.14 bits per heavy atom. The molecule has 1 atom stereocenters. The Morgan fingerprint density at radius 1 is 1.18 bits per heavy atom. The summed E-state index contributed by atoms with van der Waals surface area (Å²) in [5.41, 5.74) is 3.99. The zero-order valence-electron chi connectivity index (χ0n) is 13.5. The number of hydrogen-bond donors (Lipinski definition) is 0. The standard InChI is InChI=1S/C19H25N3/c1-21-12-7-10-16(14-21)19-20-18(15-8-3-2-4-9-15)17-11-5-6-13-22(17)19/h5-6,8,11,13,16H,2-4,7,9-10,12,14H2,1H3. The van der Waals surface area contributed by atoms with Crippen LogP contribution in [-0.4, -0.2) is 34.4 Å². The predicted octanol–water partition coefficient (Wildman–Crippen LogP) is 4.10. The summed E-state index contributed by atoms with van der Waals surface area (Å²) in [5, 5.41) is 0. The molecule has 3 heterocycles. The number of imidazole rings is 1. The quantitative estimate of drug-likeness (QED) is 0.831. The maximum Gasteiger partial charge on any atom is 0.118 e. The van der Waals surface area contributed by atoms with Gasteiger partial charge in [-0.1, -0.05) is 12.1 Å². The van der Waals surface area contributed by atoms with Crippen molar-refractivity contribution in [2.75, 3.05) is 20.1 Å². The lowest BCUT2D eigenvalue weighted by Gasteiger charge is -2.28. The first-order chi connectivity index (χ1) is 10.8. The fraction of sp³-hybridized carbons (Fsp3) is 0.526. The van der Waals surface area contributed by atoms with Gasteiger partial charge in [-0.25, -0.2) is 4.98 Å². The second kappa shape index (κ2) is 5.88. The molecule has 0 aromatic carbocycles. The van der Waals surface area contributed by atoms with Gasteiger partial charge in [0.15, 0.2) is 0 Å². The van der Waals surface area contributed by atoms with Gasteiger partial charge < -0.3 is 9.30 Å². The lowest BCUT2D eigenvalue weighted by molar-refractivity contribution is 0.245. The van der Waals surface area contributed by atoms with Crippen molar-refractivity contribution in [1.82, 2.24) is 14.3 Å². The summed E-state index contributed by atoms with van der Waals surface area (Å²) in [6.07, 6.45) is 12.2. The van der Waals surface area contributed by atoms with Gasteiger partial charge in [-0.2, -0.15) is 0 Å². The van der Waals surface area contributed by atoms with Gasteiger partial charge >= 0.3 is 0 Å². The van der Waals surface area contributed by atoms with Crippen LogP contribution in [0.5, 0.6) is 0 Å². The topological polar surface area (TPSA) is 20.5 Å². The number of fused-ring (bicyclic) bond motifs is 1. The van der Waals surface area contributed by atoms with Gasteiger partial charge in [0, 0.05) is 18.7 Å². The molecule has 1 aliphatic carbocycles. The highest BCUT2D eigenvalue weighted by Crippen LogP contribution is 2.33. The summed E-state index contributed by atoms with van der Waals surface area (Å²) in [6, 6.07) is 6.50. The highest BCUT2D eigenvalue weighted by atomic mass is 15.1.